The molecule has 0 atom stereocenters. The topological polar surface area (TPSA) is 57.7 Å². The minimum absolute atomic E-state index is 0.154. The molecule has 0 unspecified atom stereocenters. The molecule has 0 aliphatic carbocycles. The summed E-state index contributed by atoms with van der Waals surface area (Å²) in [6.07, 6.45) is 3.63. The summed E-state index contributed by atoms with van der Waals surface area (Å²) >= 11 is 0. The molecule has 0 aliphatic heterocycles. The lowest BCUT2D eigenvalue weighted by molar-refractivity contribution is -0.137. The van der Waals surface area contributed by atoms with Gasteiger partial charge in [0.1, 0.15) is 5.75 Å². The van der Waals surface area contributed by atoms with Crippen LogP contribution < -0.4 is 4.74 Å². The second-order valence-electron chi connectivity index (χ2n) is 4.98. The van der Waals surface area contributed by atoms with Gasteiger partial charge in [0.2, 0.25) is 0 Å². The summed E-state index contributed by atoms with van der Waals surface area (Å²) < 4.78 is 15.4. The minimum atomic E-state index is -0.386. The van der Waals surface area contributed by atoms with Crippen molar-refractivity contribution in [3.63, 3.8) is 0 Å². The zero-order valence-electron chi connectivity index (χ0n) is 13.9. The lowest BCUT2D eigenvalue weighted by atomic mass is 10.1. The Balaban J connectivity index is 2.22. The summed E-state index contributed by atoms with van der Waals surface area (Å²) in [4.78, 5) is 16.0. The van der Waals surface area contributed by atoms with Gasteiger partial charge in [0.15, 0.2) is 6.79 Å². The first-order valence-corrected chi connectivity index (χ1v) is 7.73. The Morgan fingerprint density at radius 3 is 2.67 bits per heavy atom. The van der Waals surface area contributed by atoms with Crippen molar-refractivity contribution < 1.29 is 19.0 Å². The van der Waals surface area contributed by atoms with Gasteiger partial charge < -0.3 is 14.2 Å². The van der Waals surface area contributed by atoms with Gasteiger partial charge in [-0.15, -0.1) is 0 Å². The van der Waals surface area contributed by atoms with Gasteiger partial charge >= 0.3 is 5.97 Å². The van der Waals surface area contributed by atoms with Crippen molar-refractivity contribution in [2.24, 2.45) is 0 Å². The average Bonchev–Trinajstić information content (AvgIpc) is 2.60. The Morgan fingerprint density at radius 2 is 1.96 bits per heavy atom. The van der Waals surface area contributed by atoms with E-state index in [-0.39, 0.29) is 12.8 Å². The third-order valence-electron chi connectivity index (χ3n) is 3.18. The number of pyridine rings is 1. The number of hydrogen-bond acceptors (Lipinski definition) is 5. The molecule has 0 fully saturated rings. The highest BCUT2D eigenvalue weighted by Crippen LogP contribution is 2.21. The number of esters is 1. The number of carbonyl (C=O) groups is 1. The molecule has 0 saturated heterocycles. The SMILES string of the molecule is CCOC(=O)C=Cc1ccc(OCOC)c(Cc2ccccc2)n1. The number of nitrogens with zero attached hydrogens (tertiary/aromatic N) is 1. The molecule has 5 nitrogen and oxygen atoms in total. The zero-order valence-corrected chi connectivity index (χ0v) is 13.9. The Hall–Kier alpha value is -2.66. The molecule has 2 aromatic rings. The van der Waals surface area contributed by atoms with E-state index in [4.69, 9.17) is 14.2 Å². The van der Waals surface area contributed by atoms with Gasteiger partial charge in [-0.1, -0.05) is 30.3 Å². The molecule has 1 aromatic heterocycles. The van der Waals surface area contributed by atoms with Crippen LogP contribution >= 0.6 is 0 Å². The molecule has 0 spiro atoms. The van der Waals surface area contributed by atoms with Crippen LogP contribution in [0.2, 0.25) is 0 Å². The first-order chi connectivity index (χ1) is 11.7. The Kier molecular flexibility index (Phi) is 6.98. The summed E-state index contributed by atoms with van der Waals surface area (Å²) in [5, 5.41) is 0. The van der Waals surface area contributed by atoms with E-state index in [0.717, 1.165) is 11.3 Å². The van der Waals surface area contributed by atoms with Crippen molar-refractivity contribution in [1.29, 1.82) is 0 Å². The van der Waals surface area contributed by atoms with Gasteiger partial charge in [-0.25, -0.2) is 9.78 Å². The summed E-state index contributed by atoms with van der Waals surface area (Å²) in [6.45, 7) is 2.27. The van der Waals surface area contributed by atoms with Crippen LogP contribution in [0.5, 0.6) is 5.75 Å². The molecule has 2 rings (SSSR count). The molecule has 0 bridgehead atoms. The third-order valence-corrected chi connectivity index (χ3v) is 3.18. The zero-order chi connectivity index (χ0) is 17.2. The quantitative estimate of drug-likeness (QED) is 0.423. The maximum absolute atomic E-state index is 11.4. The van der Waals surface area contributed by atoms with Gasteiger partial charge in [0.25, 0.3) is 0 Å². The molecule has 126 valence electrons. The number of carbonyl (C=O) groups excluding carboxylic acids is 1. The Labute approximate surface area is 141 Å². The van der Waals surface area contributed by atoms with Crippen LogP contribution in [0.25, 0.3) is 6.08 Å². The van der Waals surface area contributed by atoms with Crippen LogP contribution in [0.1, 0.15) is 23.9 Å². The smallest absolute Gasteiger partial charge is 0.330 e. The van der Waals surface area contributed by atoms with E-state index >= 15 is 0 Å². The van der Waals surface area contributed by atoms with Crippen molar-refractivity contribution >= 4 is 12.0 Å². The van der Waals surface area contributed by atoms with Crippen molar-refractivity contribution in [3.05, 3.63) is 65.5 Å². The molecule has 0 N–H and O–H groups in total. The lowest BCUT2D eigenvalue weighted by Crippen LogP contribution is -2.05. The normalized spacial score (nSPS) is 10.8. The van der Waals surface area contributed by atoms with E-state index in [2.05, 4.69) is 4.98 Å². The molecule has 0 radical (unpaired) electrons. The van der Waals surface area contributed by atoms with Crippen LogP contribution in [-0.2, 0) is 20.7 Å². The highest BCUT2D eigenvalue weighted by molar-refractivity contribution is 5.86. The number of rotatable bonds is 8. The van der Waals surface area contributed by atoms with E-state index in [1.54, 1.807) is 26.2 Å². The summed E-state index contributed by atoms with van der Waals surface area (Å²) in [5.74, 6) is 0.276. The van der Waals surface area contributed by atoms with Crippen LogP contribution in [0.4, 0.5) is 0 Å². The largest absolute Gasteiger partial charge is 0.466 e. The standard InChI is InChI=1S/C19H21NO4/c1-3-23-19(21)12-10-16-9-11-18(24-14-22-2)17(20-16)13-15-7-5-4-6-8-15/h4-12H,3,13-14H2,1-2H3. The number of ether oxygens (including phenoxy) is 3. The van der Waals surface area contributed by atoms with Crippen molar-refractivity contribution in [2.45, 2.75) is 13.3 Å². The monoisotopic (exact) mass is 327 g/mol. The summed E-state index contributed by atoms with van der Waals surface area (Å²) in [7, 11) is 1.57. The first-order valence-electron chi connectivity index (χ1n) is 7.73. The van der Waals surface area contributed by atoms with Gasteiger partial charge in [-0.2, -0.15) is 0 Å². The molecule has 1 aromatic carbocycles. The molecule has 0 saturated carbocycles. The number of aromatic nitrogens is 1. The molecule has 0 amide bonds. The van der Waals surface area contributed by atoms with E-state index in [1.807, 2.05) is 36.4 Å². The first kappa shape index (κ1) is 17.7. The molecular weight excluding hydrogens is 306 g/mol. The molecule has 24 heavy (non-hydrogen) atoms. The van der Waals surface area contributed by atoms with Crippen LogP contribution in [-0.4, -0.2) is 31.5 Å². The van der Waals surface area contributed by atoms with E-state index < -0.39 is 0 Å². The van der Waals surface area contributed by atoms with Gasteiger partial charge in [-0.05, 0) is 30.7 Å². The third kappa shape index (κ3) is 5.52. The second kappa shape index (κ2) is 9.47. The fourth-order valence-corrected chi connectivity index (χ4v) is 2.11. The minimum Gasteiger partial charge on any atom is -0.466 e. The Morgan fingerprint density at radius 1 is 1.17 bits per heavy atom. The van der Waals surface area contributed by atoms with Crippen molar-refractivity contribution in [3.8, 4) is 5.75 Å². The maximum Gasteiger partial charge on any atom is 0.330 e. The van der Waals surface area contributed by atoms with Crippen LogP contribution in [0, 0.1) is 0 Å². The summed E-state index contributed by atoms with van der Waals surface area (Å²) in [5.41, 5.74) is 2.57. The second-order valence-corrected chi connectivity index (χ2v) is 4.98. The molecule has 1 heterocycles. The Bertz CT molecular complexity index is 683. The van der Waals surface area contributed by atoms with Gasteiger partial charge in [0.05, 0.1) is 18.0 Å². The number of benzene rings is 1. The van der Waals surface area contributed by atoms with Crippen molar-refractivity contribution in [2.75, 3.05) is 20.5 Å². The predicted molar refractivity (Wildman–Crippen MR) is 91.7 cm³/mol. The average molecular weight is 327 g/mol. The summed E-state index contributed by atoms with van der Waals surface area (Å²) in [6, 6.07) is 13.6. The van der Waals surface area contributed by atoms with E-state index in [0.29, 0.717) is 24.5 Å². The lowest BCUT2D eigenvalue weighted by Gasteiger charge is -2.11. The molecule has 0 aliphatic rings. The number of hydrogen-bond donors (Lipinski definition) is 0. The van der Waals surface area contributed by atoms with Gasteiger partial charge in [-0.3, -0.25) is 0 Å². The van der Waals surface area contributed by atoms with E-state index in [9.17, 15) is 4.79 Å². The van der Waals surface area contributed by atoms with Crippen LogP contribution in [0.15, 0.2) is 48.5 Å². The maximum atomic E-state index is 11.4. The fourth-order valence-electron chi connectivity index (χ4n) is 2.11. The number of methoxy groups -OCH3 is 1. The van der Waals surface area contributed by atoms with Crippen molar-refractivity contribution in [1.82, 2.24) is 4.98 Å². The van der Waals surface area contributed by atoms with Crippen LogP contribution in [0.3, 0.4) is 0 Å². The molecular formula is C19H21NO4. The van der Waals surface area contributed by atoms with Gasteiger partial charge in [0, 0.05) is 19.6 Å². The highest BCUT2D eigenvalue weighted by atomic mass is 16.7. The predicted octanol–water partition coefficient (Wildman–Crippen LogP) is 3.23. The fraction of sp³-hybridized carbons (Fsp3) is 0.263. The van der Waals surface area contributed by atoms with E-state index in [1.165, 1.54) is 6.08 Å². The highest BCUT2D eigenvalue weighted by Gasteiger charge is 2.08. The molecule has 5 heteroatoms.